The molecule has 3 aromatic rings. The minimum atomic E-state index is 0.389. The second kappa shape index (κ2) is 4.75. The molecule has 3 rings (SSSR count). The van der Waals surface area contributed by atoms with Gasteiger partial charge in [0.2, 0.25) is 5.89 Å². The van der Waals surface area contributed by atoms with Crippen molar-refractivity contribution in [3.8, 4) is 11.5 Å². The fourth-order valence-corrected chi connectivity index (χ4v) is 2.10. The average molecular weight is 293 g/mol. The van der Waals surface area contributed by atoms with Crippen LogP contribution in [0, 0.1) is 13.8 Å². The lowest BCUT2D eigenvalue weighted by molar-refractivity contribution is 0.473. The van der Waals surface area contributed by atoms with Crippen molar-refractivity contribution in [3.05, 3.63) is 34.7 Å². The molecule has 104 valence electrons. The molecule has 3 heterocycles. The van der Waals surface area contributed by atoms with Crippen molar-refractivity contribution < 1.29 is 4.42 Å². The third-order valence-electron chi connectivity index (χ3n) is 2.89. The Morgan fingerprint density at radius 2 is 1.95 bits per heavy atom. The van der Waals surface area contributed by atoms with E-state index in [0.29, 0.717) is 23.3 Å². The highest BCUT2D eigenvalue weighted by molar-refractivity contribution is 6.31. The monoisotopic (exact) mass is 292 g/mol. The first-order valence-corrected chi connectivity index (χ1v) is 6.43. The summed E-state index contributed by atoms with van der Waals surface area (Å²) in [6.07, 6.45) is 3.58. The summed E-state index contributed by atoms with van der Waals surface area (Å²) in [6.45, 7) is 4.13. The summed E-state index contributed by atoms with van der Waals surface area (Å²) >= 11 is 5.96. The Hall–Kier alpha value is -2.15. The SMILES string of the molecule is Cc1nn(Cc2nnc(-c3cn(C)nc3C)o2)cc1Cl. The Morgan fingerprint density at radius 1 is 1.15 bits per heavy atom. The van der Waals surface area contributed by atoms with Crippen LogP contribution >= 0.6 is 11.6 Å². The molecular weight excluding hydrogens is 280 g/mol. The number of nitrogens with zero attached hydrogens (tertiary/aromatic N) is 6. The van der Waals surface area contributed by atoms with E-state index in [-0.39, 0.29) is 0 Å². The molecule has 0 bridgehead atoms. The van der Waals surface area contributed by atoms with Crippen molar-refractivity contribution in [1.82, 2.24) is 29.8 Å². The predicted molar refractivity (Wildman–Crippen MR) is 72.3 cm³/mol. The summed E-state index contributed by atoms with van der Waals surface area (Å²) in [4.78, 5) is 0. The van der Waals surface area contributed by atoms with Crippen molar-refractivity contribution in [2.45, 2.75) is 20.4 Å². The number of halogens is 1. The van der Waals surface area contributed by atoms with Crippen molar-refractivity contribution in [3.63, 3.8) is 0 Å². The third-order valence-corrected chi connectivity index (χ3v) is 3.27. The van der Waals surface area contributed by atoms with E-state index in [9.17, 15) is 0 Å². The lowest BCUT2D eigenvalue weighted by Crippen LogP contribution is -2.00. The van der Waals surface area contributed by atoms with Crippen LogP contribution in [0.5, 0.6) is 0 Å². The molecular formula is C12H13ClN6O. The second-order valence-electron chi connectivity index (χ2n) is 4.56. The highest BCUT2D eigenvalue weighted by Gasteiger charge is 2.14. The van der Waals surface area contributed by atoms with Crippen molar-refractivity contribution in [2.24, 2.45) is 7.05 Å². The molecule has 0 aromatic carbocycles. The summed E-state index contributed by atoms with van der Waals surface area (Å²) in [7, 11) is 1.85. The molecule has 8 heteroatoms. The smallest absolute Gasteiger partial charge is 0.251 e. The molecule has 3 aromatic heterocycles. The molecule has 0 spiro atoms. The van der Waals surface area contributed by atoms with Crippen molar-refractivity contribution in [2.75, 3.05) is 0 Å². The van der Waals surface area contributed by atoms with Crippen molar-refractivity contribution >= 4 is 11.6 Å². The van der Waals surface area contributed by atoms with Crippen LogP contribution in [0.3, 0.4) is 0 Å². The standard InChI is InChI=1S/C12H13ClN6O/c1-7-9(4-18(3)16-7)12-15-14-11(20-12)6-19-5-10(13)8(2)17-19/h4-5H,6H2,1-3H3. The zero-order valence-corrected chi connectivity index (χ0v) is 12.1. The first-order valence-electron chi connectivity index (χ1n) is 6.05. The maximum absolute atomic E-state index is 5.96. The fourth-order valence-electron chi connectivity index (χ4n) is 1.95. The molecule has 0 saturated carbocycles. The second-order valence-corrected chi connectivity index (χ2v) is 4.97. The highest BCUT2D eigenvalue weighted by atomic mass is 35.5. The van der Waals surface area contributed by atoms with E-state index in [1.165, 1.54) is 0 Å². The van der Waals surface area contributed by atoms with Crippen LogP contribution in [-0.2, 0) is 13.6 Å². The minimum Gasteiger partial charge on any atom is -0.419 e. The van der Waals surface area contributed by atoms with Gasteiger partial charge in [-0.25, -0.2) is 0 Å². The molecule has 0 aliphatic carbocycles. The van der Waals surface area contributed by atoms with Crippen LogP contribution in [0.1, 0.15) is 17.3 Å². The van der Waals surface area contributed by atoms with Crippen LogP contribution in [-0.4, -0.2) is 29.8 Å². The summed E-state index contributed by atoms with van der Waals surface area (Å²) < 4.78 is 9.02. The van der Waals surface area contributed by atoms with Gasteiger partial charge < -0.3 is 4.42 Å². The molecule has 0 radical (unpaired) electrons. The Morgan fingerprint density at radius 3 is 2.55 bits per heavy atom. The summed E-state index contributed by atoms with van der Waals surface area (Å²) in [6, 6.07) is 0. The van der Waals surface area contributed by atoms with Gasteiger partial charge in [-0.3, -0.25) is 9.36 Å². The van der Waals surface area contributed by atoms with Crippen LogP contribution in [0.2, 0.25) is 5.02 Å². The third kappa shape index (κ3) is 2.32. The quantitative estimate of drug-likeness (QED) is 0.738. The molecule has 0 atom stereocenters. The van der Waals surface area contributed by atoms with Crippen LogP contribution < -0.4 is 0 Å². The molecule has 7 nitrogen and oxygen atoms in total. The lowest BCUT2D eigenvalue weighted by atomic mass is 10.3. The number of rotatable bonds is 3. The molecule has 0 aliphatic heterocycles. The van der Waals surface area contributed by atoms with Gasteiger partial charge in [0.25, 0.3) is 5.89 Å². The molecule has 0 N–H and O–H groups in total. The summed E-state index contributed by atoms with van der Waals surface area (Å²) in [5, 5.41) is 17.2. The van der Waals surface area contributed by atoms with Gasteiger partial charge in [0, 0.05) is 19.4 Å². The van der Waals surface area contributed by atoms with Crippen LogP contribution in [0.4, 0.5) is 0 Å². The summed E-state index contributed by atoms with van der Waals surface area (Å²) in [5.41, 5.74) is 2.45. The topological polar surface area (TPSA) is 74.6 Å². The van der Waals surface area contributed by atoms with Gasteiger partial charge in [-0.2, -0.15) is 10.2 Å². The lowest BCUT2D eigenvalue weighted by Gasteiger charge is -1.94. The highest BCUT2D eigenvalue weighted by Crippen LogP contribution is 2.21. The Kier molecular flexibility index (Phi) is 3.06. The largest absolute Gasteiger partial charge is 0.419 e. The van der Waals surface area contributed by atoms with Gasteiger partial charge >= 0.3 is 0 Å². The number of hydrogen-bond acceptors (Lipinski definition) is 5. The van der Waals surface area contributed by atoms with E-state index < -0.39 is 0 Å². The zero-order chi connectivity index (χ0) is 14.3. The van der Waals surface area contributed by atoms with Gasteiger partial charge in [-0.1, -0.05) is 11.6 Å². The van der Waals surface area contributed by atoms with E-state index in [1.807, 2.05) is 27.1 Å². The normalized spacial score (nSPS) is 11.2. The Labute approximate surface area is 120 Å². The Balaban J connectivity index is 1.85. The summed E-state index contributed by atoms with van der Waals surface area (Å²) in [5.74, 6) is 0.933. The molecule has 0 unspecified atom stereocenters. The van der Waals surface area contributed by atoms with E-state index in [1.54, 1.807) is 15.6 Å². The molecule has 0 saturated heterocycles. The predicted octanol–water partition coefficient (Wildman–Crippen LogP) is 1.99. The molecule has 0 amide bonds. The van der Waals surface area contributed by atoms with E-state index in [0.717, 1.165) is 17.0 Å². The van der Waals surface area contributed by atoms with Crippen LogP contribution in [0.15, 0.2) is 16.8 Å². The minimum absolute atomic E-state index is 0.389. The first kappa shape index (κ1) is 12.9. The zero-order valence-electron chi connectivity index (χ0n) is 11.3. The number of aromatic nitrogens is 6. The van der Waals surface area contributed by atoms with E-state index in [2.05, 4.69) is 20.4 Å². The van der Waals surface area contributed by atoms with Gasteiger partial charge in [0.15, 0.2) is 0 Å². The molecule has 0 fully saturated rings. The fraction of sp³-hybridized carbons (Fsp3) is 0.333. The maximum atomic E-state index is 5.96. The van der Waals surface area contributed by atoms with Gasteiger partial charge in [0.1, 0.15) is 6.54 Å². The van der Waals surface area contributed by atoms with Crippen molar-refractivity contribution in [1.29, 1.82) is 0 Å². The Bertz CT molecular complexity index is 736. The molecule has 0 aliphatic rings. The van der Waals surface area contributed by atoms with Gasteiger partial charge in [-0.05, 0) is 13.8 Å². The molecule has 20 heavy (non-hydrogen) atoms. The van der Waals surface area contributed by atoms with Gasteiger partial charge in [0.05, 0.1) is 22.0 Å². The number of hydrogen-bond donors (Lipinski definition) is 0. The average Bonchev–Trinajstić information content (AvgIpc) is 3.02. The van der Waals surface area contributed by atoms with Gasteiger partial charge in [-0.15, -0.1) is 10.2 Å². The van der Waals surface area contributed by atoms with E-state index >= 15 is 0 Å². The van der Waals surface area contributed by atoms with Crippen LogP contribution in [0.25, 0.3) is 11.5 Å². The first-order chi connectivity index (χ1) is 9.52. The van der Waals surface area contributed by atoms with E-state index in [4.69, 9.17) is 16.0 Å². The number of aryl methyl sites for hydroxylation is 3. The maximum Gasteiger partial charge on any atom is 0.251 e.